The molecule has 4 aromatic rings. The minimum atomic E-state index is 0.0666. The molecular formula is C28H26N4O. The van der Waals surface area contributed by atoms with Gasteiger partial charge in [-0.3, -0.25) is 9.89 Å². The second kappa shape index (κ2) is 8.93. The molecule has 0 spiro atoms. The Morgan fingerprint density at radius 3 is 2.61 bits per heavy atom. The largest absolute Gasteiger partial charge is 0.337 e. The summed E-state index contributed by atoms with van der Waals surface area (Å²) < 4.78 is 0. The summed E-state index contributed by atoms with van der Waals surface area (Å²) in [5.41, 5.74) is 5.42. The summed E-state index contributed by atoms with van der Waals surface area (Å²) in [6.45, 7) is 1.55. The molecule has 5 nitrogen and oxygen atoms in total. The normalized spacial score (nSPS) is 15.6. The average molecular weight is 435 g/mol. The number of aromatic amines is 1. The Balaban J connectivity index is 1.41. The van der Waals surface area contributed by atoms with Crippen LogP contribution in [0, 0.1) is 11.8 Å². The van der Waals surface area contributed by atoms with Gasteiger partial charge >= 0.3 is 0 Å². The Kier molecular flexibility index (Phi) is 5.68. The first-order chi connectivity index (χ1) is 16.1. The van der Waals surface area contributed by atoms with Gasteiger partial charge < -0.3 is 9.80 Å². The number of aromatic nitrogens is 2. The fourth-order valence-corrected chi connectivity index (χ4v) is 4.31. The number of likely N-dealkylation sites (tertiary alicyclic amines) is 1. The molecule has 5 rings (SSSR count). The van der Waals surface area contributed by atoms with E-state index in [1.54, 1.807) is 0 Å². The van der Waals surface area contributed by atoms with Crippen LogP contribution in [0.2, 0.25) is 0 Å². The van der Waals surface area contributed by atoms with Gasteiger partial charge in [0.15, 0.2) is 0 Å². The van der Waals surface area contributed by atoms with E-state index >= 15 is 0 Å². The van der Waals surface area contributed by atoms with Gasteiger partial charge in [-0.1, -0.05) is 48.4 Å². The van der Waals surface area contributed by atoms with E-state index in [1.807, 2.05) is 53.4 Å². The summed E-state index contributed by atoms with van der Waals surface area (Å²) in [5, 5.41) is 8.30. The summed E-state index contributed by atoms with van der Waals surface area (Å²) in [4.78, 5) is 17.2. The summed E-state index contributed by atoms with van der Waals surface area (Å²) in [6.07, 6.45) is 1.01. The van der Waals surface area contributed by atoms with Gasteiger partial charge in [0.05, 0.1) is 5.52 Å². The molecule has 1 fully saturated rings. The van der Waals surface area contributed by atoms with Crippen molar-refractivity contribution in [2.75, 3.05) is 27.2 Å². The van der Waals surface area contributed by atoms with Crippen LogP contribution in [0.4, 0.5) is 0 Å². The second-order valence-electron chi connectivity index (χ2n) is 8.69. The summed E-state index contributed by atoms with van der Waals surface area (Å²) in [5.74, 6) is 6.50. The van der Waals surface area contributed by atoms with E-state index < -0.39 is 0 Å². The number of hydrogen-bond donors (Lipinski definition) is 1. The highest BCUT2D eigenvalue weighted by atomic mass is 16.2. The van der Waals surface area contributed by atoms with Crippen molar-refractivity contribution in [1.82, 2.24) is 20.0 Å². The molecule has 0 saturated carbocycles. The monoisotopic (exact) mass is 434 g/mol. The van der Waals surface area contributed by atoms with E-state index in [0.29, 0.717) is 17.3 Å². The van der Waals surface area contributed by atoms with E-state index in [2.05, 4.69) is 65.3 Å². The quantitative estimate of drug-likeness (QED) is 0.486. The van der Waals surface area contributed by atoms with Crippen molar-refractivity contribution >= 4 is 16.8 Å². The van der Waals surface area contributed by atoms with Gasteiger partial charge in [-0.25, -0.2) is 0 Å². The Bertz CT molecular complexity index is 1360. The standard InChI is InChI=1S/C28H26N4O/c1-31(2)24-15-16-32(19-24)28(33)23-12-14-27-25(18-23)26(29-30-27)13-11-20-7-6-10-22(17-20)21-8-4-3-5-9-21/h3-10,12,14,17-18,24H,15-16,19H2,1-2H3,(H,29,30)/t24-/m1/s1. The van der Waals surface area contributed by atoms with Gasteiger partial charge in [-0.05, 0) is 67.9 Å². The molecule has 1 saturated heterocycles. The second-order valence-corrected chi connectivity index (χ2v) is 8.69. The zero-order valence-electron chi connectivity index (χ0n) is 18.9. The van der Waals surface area contributed by atoms with Crippen molar-refractivity contribution in [3.8, 4) is 23.0 Å². The molecule has 33 heavy (non-hydrogen) atoms. The van der Waals surface area contributed by atoms with E-state index in [0.717, 1.165) is 47.1 Å². The van der Waals surface area contributed by atoms with Crippen LogP contribution < -0.4 is 0 Å². The number of carbonyl (C=O) groups is 1. The molecule has 1 atom stereocenters. The Morgan fingerprint density at radius 1 is 1.00 bits per heavy atom. The maximum absolute atomic E-state index is 13.1. The molecule has 3 aromatic carbocycles. The maximum atomic E-state index is 13.1. The van der Waals surface area contributed by atoms with Crippen LogP contribution in [0.5, 0.6) is 0 Å². The predicted octanol–water partition coefficient (Wildman–Crippen LogP) is 4.41. The summed E-state index contributed by atoms with van der Waals surface area (Å²) in [7, 11) is 4.13. The van der Waals surface area contributed by atoms with Gasteiger partial charge in [-0.2, -0.15) is 5.10 Å². The summed E-state index contributed by atoms with van der Waals surface area (Å²) in [6, 6.07) is 24.6. The highest BCUT2D eigenvalue weighted by molar-refractivity contribution is 5.99. The Morgan fingerprint density at radius 2 is 1.82 bits per heavy atom. The highest BCUT2D eigenvalue weighted by Crippen LogP contribution is 2.22. The van der Waals surface area contributed by atoms with Crippen LogP contribution in [0.1, 0.15) is 28.0 Å². The molecule has 0 aliphatic carbocycles. The zero-order chi connectivity index (χ0) is 22.8. The molecule has 1 N–H and O–H groups in total. The van der Waals surface area contributed by atoms with Gasteiger partial charge in [0.25, 0.3) is 5.91 Å². The van der Waals surface area contributed by atoms with Gasteiger partial charge in [0, 0.05) is 35.6 Å². The van der Waals surface area contributed by atoms with Crippen LogP contribution in [0.25, 0.3) is 22.0 Å². The number of rotatable bonds is 3. The molecule has 0 radical (unpaired) electrons. The maximum Gasteiger partial charge on any atom is 0.253 e. The first-order valence-corrected chi connectivity index (χ1v) is 11.2. The molecule has 1 aliphatic heterocycles. The van der Waals surface area contributed by atoms with E-state index in [4.69, 9.17) is 0 Å². The molecule has 2 heterocycles. The molecule has 1 aliphatic rings. The molecule has 0 bridgehead atoms. The lowest BCUT2D eigenvalue weighted by atomic mass is 10.0. The van der Waals surface area contributed by atoms with Crippen LogP contribution in [0.3, 0.4) is 0 Å². The first-order valence-electron chi connectivity index (χ1n) is 11.2. The number of nitrogens with one attached hydrogen (secondary N) is 1. The lowest BCUT2D eigenvalue weighted by Crippen LogP contribution is -2.34. The molecule has 5 heteroatoms. The van der Waals surface area contributed by atoms with Crippen molar-refractivity contribution in [2.45, 2.75) is 12.5 Å². The molecule has 0 unspecified atom stereocenters. The zero-order valence-corrected chi connectivity index (χ0v) is 18.9. The lowest BCUT2D eigenvalue weighted by Gasteiger charge is -2.20. The lowest BCUT2D eigenvalue weighted by molar-refractivity contribution is 0.0783. The van der Waals surface area contributed by atoms with Crippen molar-refractivity contribution in [3.63, 3.8) is 0 Å². The number of carbonyl (C=O) groups excluding carboxylic acids is 1. The summed E-state index contributed by atoms with van der Waals surface area (Å²) >= 11 is 0. The predicted molar refractivity (Wildman–Crippen MR) is 132 cm³/mol. The van der Waals surface area contributed by atoms with E-state index in [-0.39, 0.29) is 5.91 Å². The third-order valence-electron chi connectivity index (χ3n) is 6.29. The Labute approximate surface area is 194 Å². The number of hydrogen-bond acceptors (Lipinski definition) is 3. The number of amides is 1. The number of fused-ring (bicyclic) bond motifs is 1. The first kappa shape index (κ1) is 21.0. The van der Waals surface area contributed by atoms with Crippen molar-refractivity contribution in [1.29, 1.82) is 0 Å². The molecule has 1 aromatic heterocycles. The van der Waals surface area contributed by atoms with E-state index in [1.165, 1.54) is 0 Å². The van der Waals surface area contributed by atoms with Gasteiger partial charge in [0.2, 0.25) is 0 Å². The number of likely N-dealkylation sites (N-methyl/N-ethyl adjacent to an activating group) is 1. The van der Waals surface area contributed by atoms with Crippen molar-refractivity contribution in [3.05, 3.63) is 89.6 Å². The van der Waals surface area contributed by atoms with Gasteiger partial charge in [-0.15, -0.1) is 0 Å². The molecule has 1 amide bonds. The van der Waals surface area contributed by atoms with Crippen LogP contribution in [-0.2, 0) is 0 Å². The van der Waals surface area contributed by atoms with Crippen LogP contribution in [-0.4, -0.2) is 59.1 Å². The molecular weight excluding hydrogens is 408 g/mol. The van der Waals surface area contributed by atoms with Gasteiger partial charge in [0.1, 0.15) is 5.69 Å². The fourth-order valence-electron chi connectivity index (χ4n) is 4.31. The Hall–Kier alpha value is -3.88. The third-order valence-corrected chi connectivity index (χ3v) is 6.29. The van der Waals surface area contributed by atoms with Crippen LogP contribution in [0.15, 0.2) is 72.8 Å². The number of H-pyrrole nitrogens is 1. The topological polar surface area (TPSA) is 52.2 Å². The fraction of sp³-hybridized carbons (Fsp3) is 0.214. The SMILES string of the molecule is CN(C)[C@@H]1CCN(C(=O)c2ccc3[nH]nc(C#Cc4cccc(-c5ccccc5)c4)c3c2)C1. The van der Waals surface area contributed by atoms with Crippen molar-refractivity contribution < 1.29 is 4.79 Å². The average Bonchev–Trinajstić information content (AvgIpc) is 3.50. The smallest absolute Gasteiger partial charge is 0.253 e. The van der Waals surface area contributed by atoms with Crippen molar-refractivity contribution in [2.24, 2.45) is 0 Å². The minimum Gasteiger partial charge on any atom is -0.337 e. The number of benzene rings is 3. The third kappa shape index (κ3) is 4.39. The number of nitrogens with zero attached hydrogens (tertiary/aromatic N) is 3. The minimum absolute atomic E-state index is 0.0666. The van der Waals surface area contributed by atoms with Crippen LogP contribution >= 0.6 is 0 Å². The van der Waals surface area contributed by atoms with E-state index in [9.17, 15) is 4.79 Å². The highest BCUT2D eigenvalue weighted by Gasteiger charge is 2.28. The molecule has 164 valence electrons.